The first-order valence-electron chi connectivity index (χ1n) is 8.50. The van der Waals surface area contributed by atoms with Crippen molar-refractivity contribution in [1.29, 1.82) is 0 Å². The Labute approximate surface area is 150 Å². The molecule has 7 heteroatoms. The first-order chi connectivity index (χ1) is 12.1. The highest BCUT2D eigenvalue weighted by Gasteiger charge is 2.32. The van der Waals surface area contributed by atoms with Gasteiger partial charge in [0.1, 0.15) is 5.69 Å². The number of hydrogen-bond donors (Lipinski definition) is 1. The number of ether oxygens (including phenoxy) is 1. The molecule has 1 aliphatic rings. The molecule has 6 nitrogen and oxygen atoms in total. The molecule has 1 N–H and O–H groups in total. The van der Waals surface area contributed by atoms with E-state index in [1.165, 1.54) is 18.4 Å². The van der Waals surface area contributed by atoms with Crippen molar-refractivity contribution in [1.82, 2.24) is 10.3 Å². The minimum atomic E-state index is -0.292. The van der Waals surface area contributed by atoms with Gasteiger partial charge in [0.15, 0.2) is 10.8 Å². The minimum absolute atomic E-state index is 0.212. The fraction of sp³-hybridized carbons (Fsp3) is 0.500. The van der Waals surface area contributed by atoms with E-state index in [9.17, 15) is 9.59 Å². The summed E-state index contributed by atoms with van der Waals surface area (Å²) < 4.78 is 10.3. The molecule has 2 heterocycles. The number of methoxy groups -OCH3 is 1. The Morgan fingerprint density at radius 3 is 2.84 bits per heavy atom. The summed E-state index contributed by atoms with van der Waals surface area (Å²) in [6.45, 7) is 1.86. The normalized spacial score (nSPS) is 20.7. The SMILES string of the molecule is COC(=O)[C@H]1CCCCC[C@@H]1NC(=O)c1nc(-c2ccco2)sc1C. The van der Waals surface area contributed by atoms with Crippen molar-refractivity contribution in [2.75, 3.05) is 7.11 Å². The van der Waals surface area contributed by atoms with Crippen molar-refractivity contribution in [3.05, 3.63) is 29.0 Å². The van der Waals surface area contributed by atoms with Crippen LogP contribution >= 0.6 is 11.3 Å². The lowest BCUT2D eigenvalue weighted by molar-refractivity contribution is -0.146. The topological polar surface area (TPSA) is 81.4 Å². The standard InChI is InChI=1S/C18H22N2O4S/c1-11-15(20-17(25-11)14-9-6-10-24-14)16(21)19-13-8-5-3-4-7-12(13)18(22)23-2/h6,9-10,12-13H,3-5,7-8H2,1-2H3,(H,19,21)/t12-,13-/m0/s1. The van der Waals surface area contributed by atoms with E-state index in [2.05, 4.69) is 10.3 Å². The molecule has 0 bridgehead atoms. The second kappa shape index (κ2) is 7.82. The quantitative estimate of drug-likeness (QED) is 0.664. The van der Waals surface area contributed by atoms with Gasteiger partial charge in [-0.25, -0.2) is 4.98 Å². The number of hydrogen-bond acceptors (Lipinski definition) is 6. The van der Waals surface area contributed by atoms with Crippen LogP contribution in [0.25, 0.3) is 10.8 Å². The van der Waals surface area contributed by atoms with Crippen LogP contribution < -0.4 is 5.32 Å². The smallest absolute Gasteiger partial charge is 0.310 e. The zero-order valence-electron chi connectivity index (χ0n) is 14.4. The Kier molecular flexibility index (Phi) is 5.53. The Bertz CT molecular complexity index is 738. The second-order valence-corrected chi connectivity index (χ2v) is 7.45. The monoisotopic (exact) mass is 362 g/mol. The number of aromatic nitrogens is 1. The van der Waals surface area contributed by atoms with Crippen molar-refractivity contribution in [3.8, 4) is 10.8 Å². The van der Waals surface area contributed by atoms with Gasteiger partial charge in [-0.3, -0.25) is 9.59 Å². The molecule has 3 rings (SSSR count). The van der Waals surface area contributed by atoms with E-state index in [4.69, 9.17) is 9.15 Å². The van der Waals surface area contributed by atoms with E-state index < -0.39 is 0 Å². The Balaban J connectivity index is 1.77. The Morgan fingerprint density at radius 1 is 1.32 bits per heavy atom. The molecule has 2 aromatic heterocycles. The van der Waals surface area contributed by atoms with Gasteiger partial charge in [-0.1, -0.05) is 19.3 Å². The Morgan fingerprint density at radius 2 is 2.12 bits per heavy atom. The number of esters is 1. The van der Waals surface area contributed by atoms with Gasteiger partial charge in [0.05, 0.1) is 19.3 Å². The molecule has 25 heavy (non-hydrogen) atoms. The molecular formula is C18H22N2O4S. The summed E-state index contributed by atoms with van der Waals surface area (Å²) in [6, 6.07) is 3.40. The summed E-state index contributed by atoms with van der Waals surface area (Å²) in [7, 11) is 1.40. The highest BCUT2D eigenvalue weighted by Crippen LogP contribution is 2.29. The predicted octanol–water partition coefficient (Wildman–Crippen LogP) is 3.56. The Hall–Kier alpha value is -2.15. The van der Waals surface area contributed by atoms with Gasteiger partial charge in [-0.2, -0.15) is 0 Å². The number of rotatable bonds is 4. The minimum Gasteiger partial charge on any atom is -0.469 e. The maximum absolute atomic E-state index is 12.7. The van der Waals surface area contributed by atoms with Crippen molar-refractivity contribution in [2.45, 2.75) is 45.1 Å². The molecule has 1 fully saturated rings. The highest BCUT2D eigenvalue weighted by molar-refractivity contribution is 7.15. The zero-order valence-corrected chi connectivity index (χ0v) is 15.2. The summed E-state index contributed by atoms with van der Waals surface area (Å²) in [5.74, 6) is -0.139. The van der Waals surface area contributed by atoms with E-state index in [0.29, 0.717) is 16.5 Å². The van der Waals surface area contributed by atoms with Crippen LogP contribution in [0.15, 0.2) is 22.8 Å². The van der Waals surface area contributed by atoms with Crippen molar-refractivity contribution in [2.24, 2.45) is 5.92 Å². The molecule has 2 aromatic rings. The number of furan rings is 1. The second-order valence-electron chi connectivity index (χ2n) is 6.25. The number of nitrogens with zero attached hydrogens (tertiary/aromatic N) is 1. The fourth-order valence-corrected chi connectivity index (χ4v) is 4.14. The van der Waals surface area contributed by atoms with Crippen LogP contribution in [-0.2, 0) is 9.53 Å². The van der Waals surface area contributed by atoms with Gasteiger partial charge in [0.25, 0.3) is 5.91 Å². The van der Waals surface area contributed by atoms with Gasteiger partial charge in [0, 0.05) is 10.9 Å². The molecule has 0 radical (unpaired) electrons. The molecule has 0 saturated heterocycles. The first-order valence-corrected chi connectivity index (χ1v) is 9.31. The summed E-state index contributed by atoms with van der Waals surface area (Å²) in [5.41, 5.74) is 0.393. The van der Waals surface area contributed by atoms with E-state index in [0.717, 1.165) is 37.0 Å². The molecule has 0 aliphatic heterocycles. The molecule has 2 atom stereocenters. The van der Waals surface area contributed by atoms with E-state index >= 15 is 0 Å². The first kappa shape index (κ1) is 17.7. The number of thiazole rings is 1. The summed E-state index contributed by atoms with van der Waals surface area (Å²) in [5, 5.41) is 3.69. The largest absolute Gasteiger partial charge is 0.469 e. The fourth-order valence-electron chi connectivity index (χ4n) is 3.26. The average Bonchev–Trinajstić information content (AvgIpc) is 3.20. The highest BCUT2D eigenvalue weighted by atomic mass is 32.1. The van der Waals surface area contributed by atoms with Gasteiger partial charge in [-0.15, -0.1) is 11.3 Å². The number of nitrogens with one attached hydrogen (secondary N) is 1. The molecule has 1 saturated carbocycles. The van der Waals surface area contributed by atoms with Crippen LogP contribution in [0.3, 0.4) is 0 Å². The van der Waals surface area contributed by atoms with Crippen LogP contribution in [0.1, 0.15) is 47.5 Å². The van der Waals surface area contributed by atoms with Crippen LogP contribution in [0, 0.1) is 12.8 Å². The molecule has 1 amide bonds. The maximum Gasteiger partial charge on any atom is 0.310 e. The predicted molar refractivity (Wildman–Crippen MR) is 94.4 cm³/mol. The van der Waals surface area contributed by atoms with Crippen LogP contribution in [0.4, 0.5) is 0 Å². The van der Waals surface area contributed by atoms with Crippen molar-refractivity contribution in [3.63, 3.8) is 0 Å². The molecule has 1 aliphatic carbocycles. The zero-order chi connectivity index (χ0) is 17.8. The molecule has 0 unspecified atom stereocenters. The third-order valence-corrected chi connectivity index (χ3v) is 5.57. The summed E-state index contributed by atoms with van der Waals surface area (Å²) in [4.78, 5) is 30.1. The number of aryl methyl sites for hydroxylation is 1. The van der Waals surface area contributed by atoms with Gasteiger partial charge >= 0.3 is 5.97 Å². The summed E-state index contributed by atoms with van der Waals surface area (Å²) >= 11 is 1.42. The lowest BCUT2D eigenvalue weighted by atomic mass is 9.94. The lowest BCUT2D eigenvalue weighted by Gasteiger charge is -2.23. The molecule has 134 valence electrons. The molecule has 0 aromatic carbocycles. The van der Waals surface area contributed by atoms with Gasteiger partial charge in [-0.05, 0) is 31.9 Å². The summed E-state index contributed by atoms with van der Waals surface area (Å²) in [6.07, 6.45) is 6.14. The van der Waals surface area contributed by atoms with E-state index in [1.807, 2.05) is 13.0 Å². The maximum atomic E-state index is 12.7. The number of carbonyl (C=O) groups excluding carboxylic acids is 2. The third-order valence-electron chi connectivity index (χ3n) is 4.58. The van der Waals surface area contributed by atoms with Crippen molar-refractivity contribution >= 4 is 23.2 Å². The number of amides is 1. The lowest BCUT2D eigenvalue weighted by Crippen LogP contribution is -2.43. The van der Waals surface area contributed by atoms with Crippen LogP contribution in [0.5, 0.6) is 0 Å². The van der Waals surface area contributed by atoms with Gasteiger partial charge < -0.3 is 14.5 Å². The van der Waals surface area contributed by atoms with E-state index in [1.54, 1.807) is 12.3 Å². The third kappa shape index (κ3) is 3.92. The van der Waals surface area contributed by atoms with Crippen LogP contribution in [0.2, 0.25) is 0 Å². The van der Waals surface area contributed by atoms with E-state index in [-0.39, 0.29) is 23.8 Å². The van der Waals surface area contributed by atoms with Crippen LogP contribution in [-0.4, -0.2) is 30.0 Å². The number of carbonyl (C=O) groups is 2. The van der Waals surface area contributed by atoms with Gasteiger partial charge in [0.2, 0.25) is 0 Å². The average molecular weight is 362 g/mol. The van der Waals surface area contributed by atoms with Crippen molar-refractivity contribution < 1.29 is 18.7 Å². The molecular weight excluding hydrogens is 340 g/mol. The molecule has 0 spiro atoms.